The fraction of sp³-hybridized carbons (Fsp3) is 0.692. The fourth-order valence-electron chi connectivity index (χ4n) is 3.50. The minimum Gasteiger partial charge on any atom is -0.282 e. The van der Waals surface area contributed by atoms with Crippen LogP contribution in [-0.2, 0) is 9.59 Å². The number of carbonyl (C=O) groups is 2. The maximum absolute atomic E-state index is 12.2. The van der Waals surface area contributed by atoms with Crippen LogP contribution in [0.25, 0.3) is 0 Å². The highest BCUT2D eigenvalue weighted by atomic mass is 16.2. The second-order valence-electron chi connectivity index (χ2n) is 5.18. The van der Waals surface area contributed by atoms with Gasteiger partial charge < -0.3 is 0 Å². The molecule has 0 aromatic carbocycles. The van der Waals surface area contributed by atoms with Crippen LogP contribution in [0.3, 0.4) is 0 Å². The van der Waals surface area contributed by atoms with Gasteiger partial charge in [0.2, 0.25) is 11.8 Å². The van der Waals surface area contributed by atoms with Gasteiger partial charge in [-0.05, 0) is 24.7 Å². The first-order valence-electron chi connectivity index (χ1n) is 6.27. The molecule has 16 heavy (non-hydrogen) atoms. The van der Waals surface area contributed by atoms with Crippen LogP contribution < -0.4 is 0 Å². The quantitative estimate of drug-likeness (QED) is 0.534. The molecule has 2 amide bonds. The lowest BCUT2D eigenvalue weighted by Crippen LogP contribution is -2.33. The molecule has 1 heterocycles. The first-order chi connectivity index (χ1) is 7.74. The molecule has 86 valence electrons. The minimum absolute atomic E-state index is 0.0145. The molecule has 2 aliphatic carbocycles. The first-order valence-corrected chi connectivity index (χ1v) is 6.27. The van der Waals surface area contributed by atoms with Gasteiger partial charge in [0.15, 0.2) is 0 Å². The van der Waals surface area contributed by atoms with E-state index in [0.717, 1.165) is 19.3 Å². The summed E-state index contributed by atoms with van der Waals surface area (Å²) in [7, 11) is 0. The Morgan fingerprint density at radius 2 is 1.75 bits per heavy atom. The van der Waals surface area contributed by atoms with Crippen LogP contribution >= 0.6 is 0 Å². The molecule has 1 saturated carbocycles. The SMILES string of the molecule is CCCCN1C(=O)[C@@H]2[C@H](C1=O)[C@@H]1C=C[C@H]2C1. The van der Waals surface area contributed by atoms with E-state index in [1.54, 1.807) is 0 Å². The molecule has 3 aliphatic rings. The summed E-state index contributed by atoms with van der Waals surface area (Å²) in [5, 5.41) is 0. The summed E-state index contributed by atoms with van der Waals surface area (Å²) in [5.74, 6) is 0.857. The van der Waals surface area contributed by atoms with Crippen molar-refractivity contribution >= 4 is 11.8 Å². The van der Waals surface area contributed by atoms with Gasteiger partial charge in [0, 0.05) is 6.54 Å². The zero-order valence-electron chi connectivity index (χ0n) is 9.56. The summed E-state index contributed by atoms with van der Waals surface area (Å²) in [6, 6.07) is 0. The molecule has 0 aromatic rings. The Labute approximate surface area is 95.5 Å². The molecular weight excluding hydrogens is 202 g/mol. The van der Waals surface area contributed by atoms with E-state index < -0.39 is 0 Å². The van der Waals surface area contributed by atoms with Crippen molar-refractivity contribution in [1.29, 1.82) is 0 Å². The number of amides is 2. The van der Waals surface area contributed by atoms with Gasteiger partial charge in [-0.15, -0.1) is 0 Å². The molecule has 4 atom stereocenters. The van der Waals surface area contributed by atoms with Gasteiger partial charge >= 0.3 is 0 Å². The number of nitrogens with zero attached hydrogens (tertiary/aromatic N) is 1. The van der Waals surface area contributed by atoms with E-state index in [2.05, 4.69) is 19.1 Å². The maximum Gasteiger partial charge on any atom is 0.233 e. The first kappa shape index (κ1) is 10.1. The Bertz CT molecular complexity index is 344. The standard InChI is InChI=1S/C13H17NO2/c1-2-3-6-14-12(15)10-8-4-5-9(7-8)11(10)13(14)16/h4-5,8-11H,2-3,6-7H2,1H3/t8-,9+,10-,11+. The second kappa shape index (κ2) is 3.44. The highest BCUT2D eigenvalue weighted by molar-refractivity contribution is 6.06. The highest BCUT2D eigenvalue weighted by Crippen LogP contribution is 2.52. The predicted octanol–water partition coefficient (Wildman–Crippen LogP) is 1.59. The number of rotatable bonds is 3. The fourth-order valence-corrected chi connectivity index (χ4v) is 3.50. The van der Waals surface area contributed by atoms with Gasteiger partial charge in [0.05, 0.1) is 11.8 Å². The molecule has 0 radical (unpaired) electrons. The molecule has 2 fully saturated rings. The van der Waals surface area contributed by atoms with Crippen molar-refractivity contribution in [3.05, 3.63) is 12.2 Å². The van der Waals surface area contributed by atoms with Gasteiger partial charge in [-0.25, -0.2) is 0 Å². The second-order valence-corrected chi connectivity index (χ2v) is 5.18. The zero-order valence-corrected chi connectivity index (χ0v) is 9.56. The average Bonchev–Trinajstić information content (AvgIpc) is 2.92. The van der Waals surface area contributed by atoms with Crippen LogP contribution in [0.5, 0.6) is 0 Å². The lowest BCUT2D eigenvalue weighted by Gasteiger charge is -2.16. The highest BCUT2D eigenvalue weighted by Gasteiger charge is 2.58. The van der Waals surface area contributed by atoms with Crippen LogP contribution in [-0.4, -0.2) is 23.3 Å². The molecular formula is C13H17NO2. The number of carbonyl (C=O) groups excluding carboxylic acids is 2. The van der Waals surface area contributed by atoms with Crippen molar-refractivity contribution in [2.45, 2.75) is 26.2 Å². The van der Waals surface area contributed by atoms with E-state index in [0.29, 0.717) is 18.4 Å². The third-order valence-corrected chi connectivity index (χ3v) is 4.30. The van der Waals surface area contributed by atoms with Crippen LogP contribution in [0.2, 0.25) is 0 Å². The van der Waals surface area contributed by atoms with Crippen molar-refractivity contribution in [2.75, 3.05) is 6.54 Å². The molecule has 3 heteroatoms. The summed E-state index contributed by atoms with van der Waals surface area (Å²) in [5.41, 5.74) is 0. The molecule has 0 N–H and O–H groups in total. The van der Waals surface area contributed by atoms with Gasteiger partial charge in [-0.2, -0.15) is 0 Å². The normalized spacial score (nSPS) is 39.9. The van der Waals surface area contributed by atoms with E-state index in [1.807, 2.05) is 0 Å². The summed E-state index contributed by atoms with van der Waals surface area (Å²) in [4.78, 5) is 25.8. The predicted molar refractivity (Wildman–Crippen MR) is 59.3 cm³/mol. The van der Waals surface area contributed by atoms with Crippen molar-refractivity contribution < 1.29 is 9.59 Å². The van der Waals surface area contributed by atoms with Crippen molar-refractivity contribution in [2.24, 2.45) is 23.7 Å². The van der Waals surface area contributed by atoms with Gasteiger partial charge in [0.1, 0.15) is 0 Å². The summed E-state index contributed by atoms with van der Waals surface area (Å²) >= 11 is 0. The van der Waals surface area contributed by atoms with Crippen LogP contribution in [0, 0.1) is 23.7 Å². The van der Waals surface area contributed by atoms with Gasteiger partial charge in [0.25, 0.3) is 0 Å². The number of allylic oxidation sites excluding steroid dienone is 2. The van der Waals surface area contributed by atoms with E-state index in [9.17, 15) is 9.59 Å². The minimum atomic E-state index is -0.0145. The topological polar surface area (TPSA) is 37.4 Å². The van der Waals surface area contributed by atoms with Crippen LogP contribution in [0.1, 0.15) is 26.2 Å². The number of imide groups is 1. The maximum atomic E-state index is 12.2. The Morgan fingerprint density at radius 3 is 2.25 bits per heavy atom. The summed E-state index contributed by atoms with van der Waals surface area (Å²) in [6.45, 7) is 2.71. The largest absolute Gasteiger partial charge is 0.282 e. The Balaban J connectivity index is 1.83. The third kappa shape index (κ3) is 1.14. The molecule has 3 rings (SSSR count). The Morgan fingerprint density at radius 1 is 1.19 bits per heavy atom. The number of hydrogen-bond donors (Lipinski definition) is 0. The van der Waals surface area contributed by atoms with Gasteiger partial charge in [-0.3, -0.25) is 14.5 Å². The summed E-state index contributed by atoms with van der Waals surface area (Å²) in [6.07, 6.45) is 7.26. The summed E-state index contributed by atoms with van der Waals surface area (Å²) < 4.78 is 0. The number of hydrogen-bond acceptors (Lipinski definition) is 2. The molecule has 2 bridgehead atoms. The number of likely N-dealkylation sites (tertiary alicyclic amines) is 1. The van der Waals surface area contributed by atoms with Gasteiger partial charge in [-0.1, -0.05) is 25.5 Å². The molecule has 0 spiro atoms. The van der Waals surface area contributed by atoms with Crippen molar-refractivity contribution in [1.82, 2.24) is 4.90 Å². The van der Waals surface area contributed by atoms with Crippen LogP contribution in [0.15, 0.2) is 12.2 Å². The molecule has 1 saturated heterocycles. The van der Waals surface area contributed by atoms with Crippen molar-refractivity contribution in [3.8, 4) is 0 Å². The van der Waals surface area contributed by atoms with E-state index in [1.165, 1.54) is 4.90 Å². The van der Waals surface area contributed by atoms with E-state index >= 15 is 0 Å². The Hall–Kier alpha value is -1.12. The molecule has 3 nitrogen and oxygen atoms in total. The lowest BCUT2D eigenvalue weighted by molar-refractivity contribution is -0.140. The van der Waals surface area contributed by atoms with Crippen LogP contribution in [0.4, 0.5) is 0 Å². The zero-order chi connectivity index (χ0) is 11.3. The third-order valence-electron chi connectivity index (χ3n) is 4.30. The van der Waals surface area contributed by atoms with E-state index in [4.69, 9.17) is 0 Å². The number of fused-ring (bicyclic) bond motifs is 5. The lowest BCUT2D eigenvalue weighted by atomic mass is 9.85. The number of unbranched alkanes of at least 4 members (excludes halogenated alkanes) is 1. The molecule has 0 aromatic heterocycles. The van der Waals surface area contributed by atoms with E-state index in [-0.39, 0.29) is 23.7 Å². The molecule has 0 unspecified atom stereocenters. The average molecular weight is 219 g/mol. The smallest absolute Gasteiger partial charge is 0.233 e. The van der Waals surface area contributed by atoms with Crippen molar-refractivity contribution in [3.63, 3.8) is 0 Å². The Kier molecular flexibility index (Phi) is 2.16. The monoisotopic (exact) mass is 219 g/mol. The molecule has 1 aliphatic heterocycles.